The molecular formula is C19H23N3O2S. The zero-order chi connectivity index (χ0) is 17.1. The van der Waals surface area contributed by atoms with Crippen LogP contribution in [-0.2, 0) is 4.79 Å². The number of carbonyl (C=O) groups excluding carboxylic acids is 1. The summed E-state index contributed by atoms with van der Waals surface area (Å²) in [6.07, 6.45) is 7.44. The molecule has 2 unspecified atom stereocenters. The number of fused-ring (bicyclic) bond motifs is 1. The Morgan fingerprint density at radius 3 is 2.80 bits per heavy atom. The summed E-state index contributed by atoms with van der Waals surface area (Å²) < 4.78 is 5.68. The van der Waals surface area contributed by atoms with Crippen LogP contribution >= 0.6 is 11.8 Å². The Bertz CT molecular complexity index is 716. The molecule has 1 aliphatic carbocycles. The molecule has 1 saturated heterocycles. The van der Waals surface area contributed by atoms with Gasteiger partial charge in [-0.3, -0.25) is 4.79 Å². The molecule has 2 heterocycles. The molecule has 2 aromatic rings. The van der Waals surface area contributed by atoms with Crippen molar-refractivity contribution in [2.24, 2.45) is 5.92 Å². The Hall–Kier alpha value is -1.82. The number of benzene rings is 1. The van der Waals surface area contributed by atoms with Crippen LogP contribution in [0.3, 0.4) is 0 Å². The van der Waals surface area contributed by atoms with Gasteiger partial charge in [0.05, 0.1) is 5.75 Å². The minimum absolute atomic E-state index is 0.209. The van der Waals surface area contributed by atoms with Crippen LogP contribution in [0, 0.1) is 5.92 Å². The van der Waals surface area contributed by atoms with Crippen LogP contribution in [0.2, 0.25) is 0 Å². The zero-order valence-corrected chi connectivity index (χ0v) is 15.1. The van der Waals surface area contributed by atoms with Crippen molar-refractivity contribution in [3.63, 3.8) is 0 Å². The maximum absolute atomic E-state index is 12.7. The SMILES string of the molecule is O=C(CSc1nnc(-c2ccccc2)o1)N1CCCC2CCCCC21. The van der Waals surface area contributed by atoms with Crippen molar-refractivity contribution in [3.05, 3.63) is 30.3 Å². The fourth-order valence-corrected chi connectivity index (χ4v) is 4.76. The van der Waals surface area contributed by atoms with Crippen LogP contribution in [0.15, 0.2) is 40.0 Å². The van der Waals surface area contributed by atoms with Crippen molar-refractivity contribution in [1.82, 2.24) is 15.1 Å². The normalized spacial score (nSPS) is 23.3. The first kappa shape index (κ1) is 16.6. The molecule has 0 bridgehead atoms. The summed E-state index contributed by atoms with van der Waals surface area (Å²) in [6, 6.07) is 10.2. The van der Waals surface area contributed by atoms with Gasteiger partial charge < -0.3 is 9.32 Å². The van der Waals surface area contributed by atoms with Crippen LogP contribution < -0.4 is 0 Å². The first-order valence-electron chi connectivity index (χ1n) is 9.12. The molecule has 2 fully saturated rings. The summed E-state index contributed by atoms with van der Waals surface area (Å²) in [5.74, 6) is 1.80. The number of carbonyl (C=O) groups is 1. The average molecular weight is 357 g/mol. The summed E-state index contributed by atoms with van der Waals surface area (Å²) in [6.45, 7) is 0.902. The Morgan fingerprint density at radius 2 is 1.92 bits per heavy atom. The van der Waals surface area contributed by atoms with Crippen molar-refractivity contribution < 1.29 is 9.21 Å². The first-order valence-corrected chi connectivity index (χ1v) is 10.1. The third-order valence-corrected chi connectivity index (χ3v) is 6.11. The second-order valence-corrected chi connectivity index (χ2v) is 7.80. The molecule has 2 aliphatic rings. The topological polar surface area (TPSA) is 59.2 Å². The van der Waals surface area contributed by atoms with Crippen LogP contribution in [0.5, 0.6) is 0 Å². The molecule has 0 spiro atoms. The van der Waals surface area contributed by atoms with Gasteiger partial charge >= 0.3 is 0 Å². The maximum atomic E-state index is 12.7. The third-order valence-electron chi connectivity index (χ3n) is 5.31. The molecule has 1 aromatic heterocycles. The summed E-state index contributed by atoms with van der Waals surface area (Å²) in [4.78, 5) is 14.8. The minimum atomic E-state index is 0.209. The van der Waals surface area contributed by atoms with Gasteiger partial charge in [0.15, 0.2) is 0 Å². The quantitative estimate of drug-likeness (QED) is 0.774. The Labute approximate surface area is 152 Å². The second-order valence-electron chi connectivity index (χ2n) is 6.87. The van der Waals surface area contributed by atoms with Gasteiger partial charge in [0.2, 0.25) is 11.8 Å². The van der Waals surface area contributed by atoms with Crippen LogP contribution in [0.4, 0.5) is 0 Å². The van der Waals surface area contributed by atoms with E-state index < -0.39 is 0 Å². The number of amides is 1. The number of rotatable bonds is 4. The summed E-state index contributed by atoms with van der Waals surface area (Å²) in [5.41, 5.74) is 0.897. The zero-order valence-electron chi connectivity index (χ0n) is 14.3. The van der Waals surface area contributed by atoms with Crippen LogP contribution in [0.25, 0.3) is 11.5 Å². The minimum Gasteiger partial charge on any atom is -0.411 e. The van der Waals surface area contributed by atoms with Gasteiger partial charge in [0.1, 0.15) is 0 Å². The standard InChI is InChI=1S/C19H23N3O2S/c23-17(22-12-6-10-14-7-4-5-11-16(14)22)13-25-19-21-20-18(24-19)15-8-2-1-3-9-15/h1-3,8-9,14,16H,4-7,10-13H2. The first-order chi connectivity index (χ1) is 12.3. The molecule has 6 heteroatoms. The Morgan fingerprint density at radius 1 is 1.12 bits per heavy atom. The van der Waals surface area contributed by atoms with Gasteiger partial charge in [0.25, 0.3) is 5.22 Å². The molecular weight excluding hydrogens is 334 g/mol. The summed E-state index contributed by atoms with van der Waals surface area (Å²) in [5, 5.41) is 8.61. The molecule has 0 radical (unpaired) electrons. The highest BCUT2D eigenvalue weighted by Crippen LogP contribution is 2.35. The highest BCUT2D eigenvalue weighted by atomic mass is 32.2. The lowest BCUT2D eigenvalue weighted by atomic mass is 9.78. The smallest absolute Gasteiger partial charge is 0.277 e. The Balaban J connectivity index is 1.36. The molecule has 132 valence electrons. The molecule has 4 rings (SSSR count). The van der Waals surface area contributed by atoms with Gasteiger partial charge in [-0.15, -0.1) is 10.2 Å². The lowest BCUT2D eigenvalue weighted by molar-refractivity contribution is -0.134. The molecule has 25 heavy (non-hydrogen) atoms. The van der Waals surface area contributed by atoms with Gasteiger partial charge in [0, 0.05) is 18.2 Å². The van der Waals surface area contributed by atoms with Crippen LogP contribution in [-0.4, -0.2) is 39.3 Å². The van der Waals surface area contributed by atoms with E-state index in [1.807, 2.05) is 30.3 Å². The molecule has 1 saturated carbocycles. The molecule has 1 amide bonds. The van der Waals surface area contributed by atoms with E-state index in [2.05, 4.69) is 15.1 Å². The molecule has 5 nitrogen and oxygen atoms in total. The van der Waals surface area contributed by atoms with E-state index in [9.17, 15) is 4.79 Å². The van der Waals surface area contributed by atoms with Crippen molar-refractivity contribution in [3.8, 4) is 11.5 Å². The van der Waals surface area contributed by atoms with Gasteiger partial charge in [-0.05, 0) is 43.7 Å². The maximum Gasteiger partial charge on any atom is 0.277 e. The van der Waals surface area contributed by atoms with E-state index in [0.717, 1.165) is 18.5 Å². The number of hydrogen-bond donors (Lipinski definition) is 0. The number of aromatic nitrogens is 2. The lowest BCUT2D eigenvalue weighted by Gasteiger charge is -2.44. The monoisotopic (exact) mass is 357 g/mol. The molecule has 1 aromatic carbocycles. The Kier molecular flexibility index (Phi) is 5.06. The highest BCUT2D eigenvalue weighted by molar-refractivity contribution is 7.99. The number of thioether (sulfide) groups is 1. The fraction of sp³-hybridized carbons (Fsp3) is 0.526. The van der Waals surface area contributed by atoms with E-state index in [4.69, 9.17) is 4.42 Å². The van der Waals surface area contributed by atoms with Gasteiger partial charge in [-0.25, -0.2) is 0 Å². The predicted molar refractivity (Wildman–Crippen MR) is 97.2 cm³/mol. The van der Waals surface area contributed by atoms with E-state index >= 15 is 0 Å². The number of hydrogen-bond acceptors (Lipinski definition) is 5. The number of piperidine rings is 1. The molecule has 1 aliphatic heterocycles. The number of nitrogens with zero attached hydrogens (tertiary/aromatic N) is 3. The fourth-order valence-electron chi connectivity index (χ4n) is 4.11. The van der Waals surface area contributed by atoms with E-state index in [-0.39, 0.29) is 5.91 Å². The van der Waals surface area contributed by atoms with Crippen molar-refractivity contribution in [2.75, 3.05) is 12.3 Å². The highest BCUT2D eigenvalue weighted by Gasteiger charge is 2.35. The lowest BCUT2D eigenvalue weighted by Crippen LogP contribution is -2.50. The van der Waals surface area contributed by atoms with Crippen molar-refractivity contribution in [1.29, 1.82) is 0 Å². The van der Waals surface area contributed by atoms with Crippen LogP contribution in [0.1, 0.15) is 38.5 Å². The second kappa shape index (κ2) is 7.60. The van der Waals surface area contributed by atoms with Crippen molar-refractivity contribution in [2.45, 2.75) is 49.8 Å². The van der Waals surface area contributed by atoms with Crippen molar-refractivity contribution >= 4 is 17.7 Å². The van der Waals surface area contributed by atoms with E-state index in [1.165, 1.54) is 43.9 Å². The number of likely N-dealkylation sites (tertiary alicyclic amines) is 1. The summed E-state index contributed by atoms with van der Waals surface area (Å²) >= 11 is 1.35. The predicted octanol–water partition coefficient (Wildman–Crippen LogP) is 4.01. The molecule has 2 atom stereocenters. The average Bonchev–Trinajstić information content (AvgIpc) is 3.15. The largest absolute Gasteiger partial charge is 0.411 e. The van der Waals surface area contributed by atoms with Gasteiger partial charge in [-0.1, -0.05) is 42.8 Å². The summed E-state index contributed by atoms with van der Waals surface area (Å²) in [7, 11) is 0. The molecule has 0 N–H and O–H groups in total. The van der Waals surface area contributed by atoms with Gasteiger partial charge in [-0.2, -0.15) is 0 Å². The van der Waals surface area contributed by atoms with E-state index in [1.54, 1.807) is 0 Å². The van der Waals surface area contributed by atoms with E-state index in [0.29, 0.717) is 28.8 Å². The third kappa shape index (κ3) is 3.73.